The smallest absolute Gasteiger partial charge is 0.236 e. The van der Waals surface area contributed by atoms with Crippen molar-refractivity contribution in [3.8, 4) is 0 Å². The molecule has 2 rings (SSSR count). The number of carbonyl (C=O) groups is 1. The van der Waals surface area contributed by atoms with E-state index in [-0.39, 0.29) is 30.6 Å². The Balaban J connectivity index is 2.09. The second-order valence-corrected chi connectivity index (χ2v) is 6.19. The summed E-state index contributed by atoms with van der Waals surface area (Å²) in [4.78, 5) is 15.5. The van der Waals surface area contributed by atoms with Gasteiger partial charge >= 0.3 is 0 Å². The average Bonchev–Trinajstić information content (AvgIpc) is 2.42. The second kappa shape index (κ2) is 6.37. The van der Waals surface area contributed by atoms with Gasteiger partial charge in [-0.2, -0.15) is 0 Å². The lowest BCUT2D eigenvalue weighted by molar-refractivity contribution is -0.136. The fraction of sp³-hybridized carbons (Fsp3) is 0.929. The molecule has 6 heteroatoms. The minimum absolute atomic E-state index is 0.0503. The summed E-state index contributed by atoms with van der Waals surface area (Å²) >= 11 is 0. The first-order valence-corrected chi connectivity index (χ1v) is 7.56. The summed E-state index contributed by atoms with van der Waals surface area (Å²) in [6.07, 6.45) is -0.00187. The van der Waals surface area contributed by atoms with Crippen LogP contribution in [0.2, 0.25) is 0 Å². The Morgan fingerprint density at radius 2 is 2.20 bits per heavy atom. The van der Waals surface area contributed by atoms with E-state index in [9.17, 15) is 9.18 Å². The number of piperidine rings is 1. The molecule has 0 bridgehead atoms. The monoisotopic (exact) mass is 286 g/mol. The summed E-state index contributed by atoms with van der Waals surface area (Å²) in [5.41, 5.74) is 6.33. The van der Waals surface area contributed by atoms with Crippen LogP contribution in [0.1, 0.15) is 20.3 Å². The van der Waals surface area contributed by atoms with E-state index in [0.717, 1.165) is 6.42 Å². The van der Waals surface area contributed by atoms with Gasteiger partial charge in [0.05, 0.1) is 12.6 Å². The molecule has 2 aliphatic heterocycles. The van der Waals surface area contributed by atoms with Crippen LogP contribution in [0.3, 0.4) is 0 Å². The van der Waals surface area contributed by atoms with Crippen LogP contribution in [0.15, 0.2) is 0 Å². The van der Waals surface area contributed by atoms with Crippen molar-refractivity contribution in [3.63, 3.8) is 0 Å². The van der Waals surface area contributed by atoms with Crippen LogP contribution in [-0.2, 0) is 4.79 Å². The maximum absolute atomic E-state index is 14.3. The van der Waals surface area contributed by atoms with Gasteiger partial charge in [-0.3, -0.25) is 9.69 Å². The number of nitrogens with two attached hydrogens (primary N) is 1. The summed E-state index contributed by atoms with van der Waals surface area (Å²) in [5.74, 6) is 0.456. The van der Waals surface area contributed by atoms with Crippen molar-refractivity contribution in [3.05, 3.63) is 0 Å². The fourth-order valence-electron chi connectivity index (χ4n) is 3.30. The zero-order chi connectivity index (χ0) is 14.9. The third-order valence-corrected chi connectivity index (χ3v) is 4.89. The highest BCUT2D eigenvalue weighted by molar-refractivity contribution is 5.78. The average molecular weight is 286 g/mol. The molecule has 20 heavy (non-hydrogen) atoms. The SMILES string of the molecule is CCC(C)C1NCC(F)C(N2CCN(C)C(=O)C2)C1N. The van der Waals surface area contributed by atoms with Crippen molar-refractivity contribution < 1.29 is 9.18 Å². The normalized spacial score (nSPS) is 38.0. The zero-order valence-corrected chi connectivity index (χ0v) is 12.7. The number of likely N-dealkylation sites (N-methyl/N-ethyl adjacent to an activating group) is 1. The number of alkyl halides is 1. The van der Waals surface area contributed by atoms with E-state index < -0.39 is 6.17 Å². The standard InChI is InChI=1S/C14H27FN4O/c1-4-9(2)13-12(16)14(10(15)7-17-13)19-6-5-18(3)11(20)8-19/h9-10,12-14,17H,4-8,16H2,1-3H3. The Morgan fingerprint density at radius 3 is 2.80 bits per heavy atom. The molecule has 0 spiro atoms. The Hall–Kier alpha value is -0.720. The van der Waals surface area contributed by atoms with Gasteiger partial charge in [0, 0.05) is 38.8 Å². The first-order chi connectivity index (χ1) is 9.45. The molecule has 0 aromatic heterocycles. The topological polar surface area (TPSA) is 61.6 Å². The van der Waals surface area contributed by atoms with Crippen molar-refractivity contribution in [1.82, 2.24) is 15.1 Å². The molecule has 3 N–H and O–H groups in total. The number of piperazine rings is 1. The molecule has 0 radical (unpaired) electrons. The predicted molar refractivity (Wildman–Crippen MR) is 77.1 cm³/mol. The van der Waals surface area contributed by atoms with Crippen LogP contribution >= 0.6 is 0 Å². The summed E-state index contributed by atoms with van der Waals surface area (Å²) < 4.78 is 14.3. The van der Waals surface area contributed by atoms with E-state index >= 15 is 0 Å². The van der Waals surface area contributed by atoms with Gasteiger partial charge in [0.25, 0.3) is 0 Å². The third-order valence-electron chi connectivity index (χ3n) is 4.89. The minimum Gasteiger partial charge on any atom is -0.343 e. The summed E-state index contributed by atoms with van der Waals surface area (Å²) in [6, 6.07) is -0.510. The highest BCUT2D eigenvalue weighted by atomic mass is 19.1. The van der Waals surface area contributed by atoms with Crippen LogP contribution in [0.4, 0.5) is 4.39 Å². The molecule has 1 amide bonds. The molecular formula is C14H27FN4O. The molecule has 2 saturated heterocycles. The lowest BCUT2D eigenvalue weighted by atomic mass is 9.83. The van der Waals surface area contributed by atoms with E-state index in [2.05, 4.69) is 19.2 Å². The molecule has 5 unspecified atom stereocenters. The molecule has 0 aromatic rings. The molecular weight excluding hydrogens is 259 g/mol. The number of nitrogens with one attached hydrogen (secondary N) is 1. The number of hydrogen-bond acceptors (Lipinski definition) is 4. The second-order valence-electron chi connectivity index (χ2n) is 6.19. The Kier molecular flexibility index (Phi) is 4.99. The number of halogens is 1. The fourth-order valence-corrected chi connectivity index (χ4v) is 3.30. The molecule has 0 aromatic carbocycles. The molecule has 2 heterocycles. The summed E-state index contributed by atoms with van der Waals surface area (Å²) in [6.45, 7) is 6.22. The van der Waals surface area contributed by atoms with E-state index in [4.69, 9.17) is 5.73 Å². The summed E-state index contributed by atoms with van der Waals surface area (Å²) in [5, 5.41) is 3.24. The van der Waals surface area contributed by atoms with Gasteiger partial charge in [-0.1, -0.05) is 20.3 Å². The quantitative estimate of drug-likeness (QED) is 0.755. The molecule has 0 aliphatic carbocycles. The molecule has 2 aliphatic rings. The molecule has 0 saturated carbocycles. The molecule has 2 fully saturated rings. The van der Waals surface area contributed by atoms with Crippen molar-refractivity contribution in [1.29, 1.82) is 0 Å². The van der Waals surface area contributed by atoms with Crippen LogP contribution < -0.4 is 11.1 Å². The zero-order valence-electron chi connectivity index (χ0n) is 12.7. The third kappa shape index (κ3) is 2.97. The van der Waals surface area contributed by atoms with Crippen LogP contribution in [-0.4, -0.2) is 73.2 Å². The van der Waals surface area contributed by atoms with E-state index in [1.165, 1.54) is 0 Å². The number of nitrogens with zero attached hydrogens (tertiary/aromatic N) is 2. The highest BCUT2D eigenvalue weighted by Gasteiger charge is 2.43. The van der Waals surface area contributed by atoms with Gasteiger partial charge in [0.1, 0.15) is 6.17 Å². The highest BCUT2D eigenvalue weighted by Crippen LogP contribution is 2.24. The van der Waals surface area contributed by atoms with E-state index in [0.29, 0.717) is 25.6 Å². The lowest BCUT2D eigenvalue weighted by Crippen LogP contribution is -2.70. The van der Waals surface area contributed by atoms with Gasteiger partial charge in [-0.25, -0.2) is 4.39 Å². The summed E-state index contributed by atoms with van der Waals surface area (Å²) in [7, 11) is 1.79. The van der Waals surface area contributed by atoms with Crippen molar-refractivity contribution in [2.75, 3.05) is 33.2 Å². The minimum atomic E-state index is -1.01. The Morgan fingerprint density at radius 1 is 1.50 bits per heavy atom. The Bertz CT molecular complexity index is 354. The van der Waals surface area contributed by atoms with Crippen molar-refractivity contribution in [2.24, 2.45) is 11.7 Å². The number of carbonyl (C=O) groups excluding carboxylic acids is 1. The van der Waals surface area contributed by atoms with Crippen LogP contribution in [0.5, 0.6) is 0 Å². The van der Waals surface area contributed by atoms with Crippen molar-refractivity contribution >= 4 is 5.91 Å². The maximum atomic E-state index is 14.3. The maximum Gasteiger partial charge on any atom is 0.236 e. The lowest BCUT2D eigenvalue weighted by Gasteiger charge is -2.47. The Labute approximate surface area is 120 Å². The molecule has 5 atom stereocenters. The largest absolute Gasteiger partial charge is 0.343 e. The molecule has 116 valence electrons. The number of amides is 1. The van der Waals surface area contributed by atoms with Gasteiger partial charge < -0.3 is 16.0 Å². The van der Waals surface area contributed by atoms with Crippen LogP contribution in [0.25, 0.3) is 0 Å². The van der Waals surface area contributed by atoms with E-state index in [1.807, 2.05) is 4.90 Å². The number of rotatable bonds is 3. The predicted octanol–water partition coefficient (Wildman–Crippen LogP) is -0.188. The van der Waals surface area contributed by atoms with Crippen LogP contribution in [0, 0.1) is 5.92 Å². The van der Waals surface area contributed by atoms with E-state index in [1.54, 1.807) is 11.9 Å². The molecule has 5 nitrogen and oxygen atoms in total. The van der Waals surface area contributed by atoms with Crippen molar-refractivity contribution in [2.45, 2.75) is 44.6 Å². The first kappa shape index (κ1) is 15.7. The van der Waals surface area contributed by atoms with Gasteiger partial charge in [0.15, 0.2) is 0 Å². The van der Waals surface area contributed by atoms with Gasteiger partial charge in [-0.05, 0) is 5.92 Å². The van der Waals surface area contributed by atoms with Gasteiger partial charge in [-0.15, -0.1) is 0 Å². The first-order valence-electron chi connectivity index (χ1n) is 7.56. The van der Waals surface area contributed by atoms with Gasteiger partial charge in [0.2, 0.25) is 5.91 Å². The number of hydrogen-bond donors (Lipinski definition) is 2.